The topological polar surface area (TPSA) is 91.1 Å². The zero-order chi connectivity index (χ0) is 15.1. The van der Waals surface area contributed by atoms with E-state index in [2.05, 4.69) is 26.3 Å². The van der Waals surface area contributed by atoms with Crippen LogP contribution in [-0.4, -0.2) is 49.2 Å². The van der Waals surface area contributed by atoms with E-state index in [4.69, 9.17) is 10.00 Å². The summed E-state index contributed by atoms with van der Waals surface area (Å²) in [6.45, 7) is 2.40. The Morgan fingerprint density at radius 3 is 2.86 bits per heavy atom. The number of piperidine rings is 1. The molecule has 112 valence electrons. The lowest BCUT2D eigenvalue weighted by Gasteiger charge is -2.32. The number of anilines is 1. The normalized spacial score (nSPS) is 15.5. The summed E-state index contributed by atoms with van der Waals surface area (Å²) < 4.78 is 4.78. The van der Waals surface area contributed by atoms with Gasteiger partial charge in [0.15, 0.2) is 11.5 Å². The van der Waals surface area contributed by atoms with Gasteiger partial charge in [-0.15, -0.1) is 0 Å². The molecule has 2 rings (SSSR count). The fourth-order valence-corrected chi connectivity index (χ4v) is 2.43. The average molecular weight is 289 g/mol. The van der Waals surface area contributed by atoms with Gasteiger partial charge >= 0.3 is 0 Å². The second kappa shape index (κ2) is 7.55. The minimum atomic E-state index is -0.0828. The number of nitrogens with one attached hydrogen (secondary N) is 1. The molecule has 21 heavy (non-hydrogen) atoms. The number of amides is 1. The fraction of sp³-hybridized carbons (Fsp3) is 0.571. The highest BCUT2D eigenvalue weighted by Crippen LogP contribution is 2.22. The number of methoxy groups -OCH3 is 1. The van der Waals surface area contributed by atoms with Crippen LogP contribution in [0.5, 0.6) is 0 Å². The third kappa shape index (κ3) is 4.13. The fourth-order valence-electron chi connectivity index (χ4n) is 2.43. The molecule has 7 heteroatoms. The van der Waals surface area contributed by atoms with Gasteiger partial charge in [-0.05, 0) is 18.8 Å². The highest BCUT2D eigenvalue weighted by atomic mass is 16.5. The summed E-state index contributed by atoms with van der Waals surface area (Å²) in [6, 6.07) is 2.07. The van der Waals surface area contributed by atoms with Gasteiger partial charge in [-0.3, -0.25) is 4.79 Å². The quantitative estimate of drug-likeness (QED) is 0.840. The number of hydrogen-bond donors (Lipinski definition) is 1. The van der Waals surface area contributed by atoms with Crippen LogP contribution >= 0.6 is 0 Å². The van der Waals surface area contributed by atoms with Crippen LogP contribution in [0.1, 0.15) is 18.5 Å². The number of nitrogens with zero attached hydrogens (tertiary/aromatic N) is 4. The van der Waals surface area contributed by atoms with Crippen molar-refractivity contribution in [1.82, 2.24) is 15.3 Å². The molecule has 7 nitrogen and oxygen atoms in total. The Morgan fingerprint density at radius 1 is 1.48 bits per heavy atom. The lowest BCUT2D eigenvalue weighted by Crippen LogP contribution is -2.40. The maximum Gasteiger partial charge on any atom is 0.245 e. The highest BCUT2D eigenvalue weighted by Gasteiger charge is 2.22. The van der Waals surface area contributed by atoms with E-state index in [0.29, 0.717) is 24.0 Å². The molecule has 1 N–H and O–H groups in total. The molecule has 0 saturated carbocycles. The largest absolute Gasteiger partial charge is 0.375 e. The van der Waals surface area contributed by atoms with Crippen LogP contribution in [0.3, 0.4) is 0 Å². The average Bonchev–Trinajstić information content (AvgIpc) is 2.54. The number of carbonyl (C=O) groups is 1. The van der Waals surface area contributed by atoms with Crippen LogP contribution in [0.15, 0.2) is 12.4 Å². The molecule has 1 aliphatic heterocycles. The molecule has 1 aromatic heterocycles. The zero-order valence-electron chi connectivity index (χ0n) is 12.1. The van der Waals surface area contributed by atoms with E-state index < -0.39 is 0 Å². The first-order chi connectivity index (χ1) is 10.2. The Balaban J connectivity index is 1.83. The Kier molecular flexibility index (Phi) is 5.46. The van der Waals surface area contributed by atoms with Gasteiger partial charge < -0.3 is 15.0 Å². The molecule has 0 radical (unpaired) electrons. The number of carbonyl (C=O) groups excluding carboxylic acids is 1. The van der Waals surface area contributed by atoms with Crippen molar-refractivity contribution in [3.63, 3.8) is 0 Å². The van der Waals surface area contributed by atoms with Crippen LogP contribution in [0.25, 0.3) is 0 Å². The lowest BCUT2D eigenvalue weighted by atomic mass is 9.96. The number of hydrogen-bond acceptors (Lipinski definition) is 6. The lowest BCUT2D eigenvalue weighted by molar-refractivity contribution is -0.124. The Bertz CT molecular complexity index is 520. The molecule has 0 aromatic carbocycles. The predicted molar refractivity (Wildman–Crippen MR) is 76.6 cm³/mol. The Labute approximate surface area is 123 Å². The van der Waals surface area contributed by atoms with Gasteiger partial charge in [-0.25, -0.2) is 9.97 Å². The Morgan fingerprint density at radius 2 is 2.19 bits per heavy atom. The predicted octanol–water partition coefficient (Wildman–Crippen LogP) is 0.327. The molecule has 2 heterocycles. The second-order valence-corrected chi connectivity index (χ2v) is 5.01. The first-order valence-electron chi connectivity index (χ1n) is 6.96. The molecule has 0 bridgehead atoms. The number of nitriles is 1. The Hall–Kier alpha value is -2.20. The van der Waals surface area contributed by atoms with Crippen molar-refractivity contribution in [2.24, 2.45) is 5.92 Å². The van der Waals surface area contributed by atoms with Crippen LogP contribution < -0.4 is 10.2 Å². The minimum absolute atomic E-state index is 0.0828. The van der Waals surface area contributed by atoms with Crippen LogP contribution in [0.2, 0.25) is 0 Å². The van der Waals surface area contributed by atoms with E-state index in [-0.39, 0.29) is 12.5 Å². The van der Waals surface area contributed by atoms with E-state index in [0.717, 1.165) is 25.9 Å². The molecule has 0 unspecified atom stereocenters. The van der Waals surface area contributed by atoms with Crippen molar-refractivity contribution in [3.05, 3.63) is 18.1 Å². The van der Waals surface area contributed by atoms with Crippen molar-refractivity contribution >= 4 is 11.7 Å². The van der Waals surface area contributed by atoms with Gasteiger partial charge in [-0.2, -0.15) is 5.26 Å². The van der Waals surface area contributed by atoms with Crippen LogP contribution in [0, 0.1) is 17.2 Å². The first kappa shape index (κ1) is 15.2. The van der Waals surface area contributed by atoms with Crippen molar-refractivity contribution < 1.29 is 9.53 Å². The van der Waals surface area contributed by atoms with E-state index >= 15 is 0 Å². The smallest absolute Gasteiger partial charge is 0.245 e. The third-order valence-electron chi connectivity index (χ3n) is 3.56. The standard InChI is InChI=1S/C14H19N5O2/c1-21-10-13(20)18-9-11-2-6-19(7-3-11)14-12(8-15)16-4-5-17-14/h4-5,11H,2-3,6-7,9-10H2,1H3,(H,18,20). The van der Waals surface area contributed by atoms with Gasteiger partial charge in [0.2, 0.25) is 5.91 Å². The SMILES string of the molecule is COCC(=O)NCC1CCN(c2nccnc2C#N)CC1. The van der Waals surface area contributed by atoms with Crippen molar-refractivity contribution in [1.29, 1.82) is 5.26 Å². The number of aromatic nitrogens is 2. The molecule has 1 aliphatic rings. The van der Waals surface area contributed by atoms with E-state index in [1.807, 2.05) is 0 Å². The second-order valence-electron chi connectivity index (χ2n) is 5.01. The van der Waals surface area contributed by atoms with Crippen molar-refractivity contribution in [2.45, 2.75) is 12.8 Å². The van der Waals surface area contributed by atoms with E-state index in [9.17, 15) is 4.79 Å². The summed E-state index contributed by atoms with van der Waals surface area (Å²) in [5, 5.41) is 11.9. The summed E-state index contributed by atoms with van der Waals surface area (Å²) in [5.41, 5.74) is 0.365. The molecular formula is C14H19N5O2. The minimum Gasteiger partial charge on any atom is -0.375 e. The summed E-state index contributed by atoms with van der Waals surface area (Å²) in [6.07, 6.45) is 5.04. The number of ether oxygens (including phenoxy) is 1. The van der Waals surface area contributed by atoms with Crippen molar-refractivity contribution in [2.75, 3.05) is 38.3 Å². The van der Waals surface area contributed by atoms with Gasteiger partial charge in [-0.1, -0.05) is 0 Å². The highest BCUT2D eigenvalue weighted by molar-refractivity contribution is 5.77. The molecule has 1 aromatic rings. The van der Waals surface area contributed by atoms with Crippen molar-refractivity contribution in [3.8, 4) is 6.07 Å². The van der Waals surface area contributed by atoms with Crippen LogP contribution in [-0.2, 0) is 9.53 Å². The van der Waals surface area contributed by atoms with Gasteiger partial charge in [0.25, 0.3) is 0 Å². The summed E-state index contributed by atoms with van der Waals surface area (Å²) in [7, 11) is 1.51. The zero-order valence-corrected chi connectivity index (χ0v) is 12.1. The van der Waals surface area contributed by atoms with E-state index in [1.165, 1.54) is 13.3 Å². The molecule has 1 amide bonds. The van der Waals surface area contributed by atoms with E-state index in [1.54, 1.807) is 6.20 Å². The molecule has 1 fully saturated rings. The summed E-state index contributed by atoms with van der Waals surface area (Å²) in [4.78, 5) is 21.7. The monoisotopic (exact) mass is 289 g/mol. The van der Waals surface area contributed by atoms with Crippen LogP contribution in [0.4, 0.5) is 5.82 Å². The molecule has 0 atom stereocenters. The van der Waals surface area contributed by atoms with Gasteiger partial charge in [0.05, 0.1) is 0 Å². The van der Waals surface area contributed by atoms with Gasteiger partial charge in [0.1, 0.15) is 12.7 Å². The first-order valence-corrected chi connectivity index (χ1v) is 6.96. The molecular weight excluding hydrogens is 270 g/mol. The maximum atomic E-state index is 11.4. The number of rotatable bonds is 5. The summed E-state index contributed by atoms with van der Waals surface area (Å²) in [5.74, 6) is 1.02. The third-order valence-corrected chi connectivity index (χ3v) is 3.56. The molecule has 0 spiro atoms. The molecule has 1 saturated heterocycles. The molecule has 0 aliphatic carbocycles. The van der Waals surface area contributed by atoms with Gasteiger partial charge in [0, 0.05) is 39.1 Å². The summed E-state index contributed by atoms with van der Waals surface area (Å²) >= 11 is 0. The maximum absolute atomic E-state index is 11.4.